The zero-order valence-corrected chi connectivity index (χ0v) is 8.94. The maximum absolute atomic E-state index is 4.52. The van der Waals surface area contributed by atoms with Crippen LogP contribution in [0.4, 0.5) is 0 Å². The molecule has 3 rings (SSSR count). The van der Waals surface area contributed by atoms with Crippen LogP contribution >= 0.6 is 0 Å². The van der Waals surface area contributed by atoms with E-state index in [9.17, 15) is 0 Å². The Labute approximate surface area is 93.2 Å². The van der Waals surface area contributed by atoms with Crippen LogP contribution in [0.1, 0.15) is 5.69 Å². The molecule has 0 bridgehead atoms. The Morgan fingerprint density at radius 1 is 1.12 bits per heavy atom. The molecule has 1 aromatic carbocycles. The van der Waals surface area contributed by atoms with Crippen LogP contribution in [0.5, 0.6) is 0 Å². The summed E-state index contributed by atoms with van der Waals surface area (Å²) in [5.41, 5.74) is 4.32. The van der Waals surface area contributed by atoms with Gasteiger partial charge in [-0.15, -0.1) is 0 Å². The van der Waals surface area contributed by atoms with Crippen molar-refractivity contribution in [2.75, 3.05) is 0 Å². The highest BCUT2D eigenvalue weighted by molar-refractivity contribution is 5.94. The van der Waals surface area contributed by atoms with Gasteiger partial charge in [0.2, 0.25) is 0 Å². The molecule has 78 valence electrons. The van der Waals surface area contributed by atoms with Gasteiger partial charge in [0.25, 0.3) is 0 Å². The van der Waals surface area contributed by atoms with Crippen LogP contribution in [-0.2, 0) is 0 Å². The molecule has 16 heavy (non-hydrogen) atoms. The Balaban J connectivity index is 2.34. The largest absolute Gasteiger partial charge is 0.285 e. The number of nitrogens with one attached hydrogen (secondary N) is 1. The topological polar surface area (TPSA) is 41.6 Å². The van der Waals surface area contributed by atoms with Gasteiger partial charge < -0.3 is 0 Å². The Kier molecular flexibility index (Phi) is 1.96. The molecular weight excluding hydrogens is 198 g/mol. The lowest BCUT2D eigenvalue weighted by Crippen LogP contribution is -1.85. The summed E-state index contributed by atoms with van der Waals surface area (Å²) in [7, 11) is 0. The zero-order chi connectivity index (χ0) is 11.0. The molecule has 0 spiro atoms. The van der Waals surface area contributed by atoms with Gasteiger partial charge in [0.1, 0.15) is 0 Å². The second-order valence-corrected chi connectivity index (χ2v) is 3.81. The van der Waals surface area contributed by atoms with Gasteiger partial charge in [0.05, 0.1) is 11.7 Å². The first kappa shape index (κ1) is 9.09. The molecule has 1 N–H and O–H groups in total. The van der Waals surface area contributed by atoms with Crippen LogP contribution in [0.3, 0.4) is 0 Å². The highest BCUT2D eigenvalue weighted by Crippen LogP contribution is 2.26. The third-order valence-electron chi connectivity index (χ3n) is 2.68. The standard InChI is InChI=1S/C13H11N3/c1-9-5-6-12-11(10-7-14-15-8-10)3-2-4-13(12)16-9/h2-8H,1H3,(H,14,15). The monoisotopic (exact) mass is 209 g/mol. The predicted octanol–water partition coefficient (Wildman–Crippen LogP) is 2.93. The Hall–Kier alpha value is -2.16. The number of aromatic nitrogens is 3. The van der Waals surface area contributed by atoms with Crippen molar-refractivity contribution in [3.8, 4) is 11.1 Å². The quantitative estimate of drug-likeness (QED) is 0.669. The van der Waals surface area contributed by atoms with E-state index < -0.39 is 0 Å². The number of nitrogens with zero attached hydrogens (tertiary/aromatic N) is 2. The van der Waals surface area contributed by atoms with Gasteiger partial charge >= 0.3 is 0 Å². The van der Waals surface area contributed by atoms with Crippen molar-refractivity contribution in [2.45, 2.75) is 6.92 Å². The molecule has 0 aliphatic rings. The minimum atomic E-state index is 1.03. The fraction of sp³-hybridized carbons (Fsp3) is 0.0769. The molecule has 0 radical (unpaired) electrons. The maximum Gasteiger partial charge on any atom is 0.0711 e. The fourth-order valence-electron chi connectivity index (χ4n) is 1.91. The van der Waals surface area contributed by atoms with E-state index in [0.717, 1.165) is 22.2 Å². The molecule has 2 aromatic heterocycles. The van der Waals surface area contributed by atoms with Gasteiger partial charge in [-0.05, 0) is 24.6 Å². The zero-order valence-electron chi connectivity index (χ0n) is 8.94. The molecule has 0 saturated heterocycles. The summed E-state index contributed by atoms with van der Waals surface area (Å²) in [6.45, 7) is 2.00. The molecule has 3 nitrogen and oxygen atoms in total. The molecule has 3 heteroatoms. The second kappa shape index (κ2) is 3.45. The number of benzene rings is 1. The highest BCUT2D eigenvalue weighted by Gasteiger charge is 2.04. The lowest BCUT2D eigenvalue weighted by Gasteiger charge is -2.04. The number of rotatable bonds is 1. The summed E-state index contributed by atoms with van der Waals surface area (Å²) in [6, 6.07) is 10.3. The summed E-state index contributed by atoms with van der Waals surface area (Å²) in [5.74, 6) is 0. The first-order valence-corrected chi connectivity index (χ1v) is 5.20. The summed E-state index contributed by atoms with van der Waals surface area (Å²) in [5, 5.41) is 7.97. The summed E-state index contributed by atoms with van der Waals surface area (Å²) < 4.78 is 0. The molecule has 0 unspecified atom stereocenters. The van der Waals surface area contributed by atoms with E-state index in [1.165, 1.54) is 5.56 Å². The van der Waals surface area contributed by atoms with Crippen molar-refractivity contribution in [1.82, 2.24) is 15.2 Å². The molecule has 0 atom stereocenters. The van der Waals surface area contributed by atoms with Gasteiger partial charge in [-0.3, -0.25) is 10.1 Å². The second-order valence-electron chi connectivity index (χ2n) is 3.81. The van der Waals surface area contributed by atoms with Crippen molar-refractivity contribution in [2.24, 2.45) is 0 Å². The average Bonchev–Trinajstić information content (AvgIpc) is 2.81. The Morgan fingerprint density at radius 2 is 2.06 bits per heavy atom. The van der Waals surface area contributed by atoms with Crippen LogP contribution < -0.4 is 0 Å². The number of H-pyrrole nitrogens is 1. The lowest BCUT2D eigenvalue weighted by molar-refractivity contribution is 1.09. The van der Waals surface area contributed by atoms with E-state index >= 15 is 0 Å². The predicted molar refractivity (Wildman–Crippen MR) is 64.1 cm³/mol. The molecule has 0 amide bonds. The fourth-order valence-corrected chi connectivity index (χ4v) is 1.91. The van der Waals surface area contributed by atoms with Crippen molar-refractivity contribution in [3.63, 3.8) is 0 Å². The van der Waals surface area contributed by atoms with E-state index in [2.05, 4.69) is 27.3 Å². The number of aryl methyl sites for hydroxylation is 1. The summed E-state index contributed by atoms with van der Waals surface area (Å²) in [4.78, 5) is 4.52. The molecule has 2 heterocycles. The number of pyridine rings is 1. The van der Waals surface area contributed by atoms with E-state index in [-0.39, 0.29) is 0 Å². The van der Waals surface area contributed by atoms with Crippen molar-refractivity contribution >= 4 is 10.9 Å². The maximum atomic E-state index is 4.52. The van der Waals surface area contributed by atoms with Crippen molar-refractivity contribution < 1.29 is 0 Å². The molecule has 0 aliphatic heterocycles. The number of hydrogen-bond donors (Lipinski definition) is 1. The SMILES string of the molecule is Cc1ccc2c(-c3cn[nH]c3)cccc2n1. The minimum Gasteiger partial charge on any atom is -0.285 e. The molecule has 3 aromatic rings. The van der Waals surface area contributed by atoms with E-state index in [1.807, 2.05) is 37.5 Å². The third kappa shape index (κ3) is 1.37. The van der Waals surface area contributed by atoms with Crippen LogP contribution in [-0.4, -0.2) is 15.2 Å². The lowest BCUT2D eigenvalue weighted by atomic mass is 10.0. The molecule has 0 aliphatic carbocycles. The highest BCUT2D eigenvalue weighted by atomic mass is 15.1. The van der Waals surface area contributed by atoms with Crippen LogP contribution in [0.25, 0.3) is 22.0 Å². The van der Waals surface area contributed by atoms with E-state index in [4.69, 9.17) is 0 Å². The van der Waals surface area contributed by atoms with Crippen LogP contribution in [0.15, 0.2) is 42.7 Å². The number of fused-ring (bicyclic) bond motifs is 1. The molecule has 0 fully saturated rings. The summed E-state index contributed by atoms with van der Waals surface area (Å²) >= 11 is 0. The first-order valence-electron chi connectivity index (χ1n) is 5.20. The Bertz CT molecular complexity index is 627. The Morgan fingerprint density at radius 3 is 2.88 bits per heavy atom. The summed E-state index contributed by atoms with van der Waals surface area (Å²) in [6.07, 6.45) is 3.73. The smallest absolute Gasteiger partial charge is 0.0711 e. The number of aromatic amines is 1. The normalized spacial score (nSPS) is 10.8. The van der Waals surface area contributed by atoms with E-state index in [1.54, 1.807) is 0 Å². The van der Waals surface area contributed by atoms with E-state index in [0.29, 0.717) is 0 Å². The van der Waals surface area contributed by atoms with Crippen LogP contribution in [0.2, 0.25) is 0 Å². The van der Waals surface area contributed by atoms with Crippen LogP contribution in [0, 0.1) is 6.92 Å². The van der Waals surface area contributed by atoms with Gasteiger partial charge in [0.15, 0.2) is 0 Å². The molecule has 0 saturated carbocycles. The van der Waals surface area contributed by atoms with Gasteiger partial charge in [-0.1, -0.05) is 18.2 Å². The van der Waals surface area contributed by atoms with Crippen molar-refractivity contribution in [3.05, 3.63) is 48.4 Å². The minimum absolute atomic E-state index is 1.03. The van der Waals surface area contributed by atoms with Crippen molar-refractivity contribution in [1.29, 1.82) is 0 Å². The third-order valence-corrected chi connectivity index (χ3v) is 2.68. The van der Waals surface area contributed by atoms with Gasteiger partial charge in [-0.25, -0.2) is 0 Å². The first-order chi connectivity index (χ1) is 7.84. The van der Waals surface area contributed by atoms with Gasteiger partial charge in [0, 0.05) is 22.8 Å². The number of hydrogen-bond acceptors (Lipinski definition) is 2. The van der Waals surface area contributed by atoms with Gasteiger partial charge in [-0.2, -0.15) is 5.10 Å². The average molecular weight is 209 g/mol. The molecular formula is C13H11N3.